The Bertz CT molecular complexity index is 1650. The maximum Gasteiger partial charge on any atom is 0.252 e. The van der Waals surface area contributed by atoms with E-state index in [1.807, 2.05) is 30.6 Å². The molecule has 0 unspecified atom stereocenters. The van der Waals surface area contributed by atoms with Gasteiger partial charge in [-0.2, -0.15) is 10.2 Å². The Balaban J connectivity index is 1.18. The van der Waals surface area contributed by atoms with Gasteiger partial charge in [-0.05, 0) is 68.7 Å². The lowest BCUT2D eigenvalue weighted by atomic mass is 9.75. The van der Waals surface area contributed by atoms with Gasteiger partial charge >= 0.3 is 0 Å². The van der Waals surface area contributed by atoms with Crippen LogP contribution in [0.25, 0.3) is 22.4 Å². The molecule has 5 aromatic rings. The number of nitrogens with one attached hydrogen (secondary N) is 2. The van der Waals surface area contributed by atoms with Crippen molar-refractivity contribution in [2.75, 3.05) is 13.7 Å². The van der Waals surface area contributed by atoms with Crippen LogP contribution < -0.4 is 10.1 Å². The lowest BCUT2D eigenvalue weighted by molar-refractivity contribution is -0.148. The SMILES string of the molecule is CCOc1cc(C2CCC(OC)(C(=O)N[C@H](C)c3ccc(-n4cc(F)cn4)nc3)CC2)c2c3cn[nH]c3nn2c1. The number of H-pyrrole nitrogens is 1. The van der Waals surface area contributed by atoms with Gasteiger partial charge in [0.25, 0.3) is 5.91 Å². The van der Waals surface area contributed by atoms with Crippen molar-refractivity contribution in [1.29, 1.82) is 0 Å². The number of hydrogen-bond acceptors (Lipinski definition) is 7. The molecule has 2 N–H and O–H groups in total. The van der Waals surface area contributed by atoms with Crippen LogP contribution in [0, 0.1) is 5.82 Å². The van der Waals surface area contributed by atoms with E-state index in [4.69, 9.17) is 9.47 Å². The molecule has 1 atom stereocenters. The van der Waals surface area contributed by atoms with Crippen molar-refractivity contribution < 1.29 is 18.7 Å². The average molecular weight is 547 g/mol. The van der Waals surface area contributed by atoms with Gasteiger partial charge in [0.05, 0.1) is 48.3 Å². The predicted molar refractivity (Wildman–Crippen MR) is 145 cm³/mol. The molecular weight excluding hydrogens is 515 g/mol. The Morgan fingerprint density at radius 3 is 2.75 bits per heavy atom. The van der Waals surface area contributed by atoms with E-state index in [9.17, 15) is 9.18 Å². The lowest BCUT2D eigenvalue weighted by Gasteiger charge is -2.38. The van der Waals surface area contributed by atoms with Gasteiger partial charge in [-0.3, -0.25) is 9.89 Å². The minimum atomic E-state index is -0.927. The summed E-state index contributed by atoms with van der Waals surface area (Å²) in [6, 6.07) is 5.39. The molecule has 0 spiro atoms. The zero-order valence-corrected chi connectivity index (χ0v) is 22.6. The Morgan fingerprint density at radius 1 is 1.25 bits per heavy atom. The number of aromatic amines is 1. The highest BCUT2D eigenvalue weighted by Gasteiger charge is 2.43. The first-order chi connectivity index (χ1) is 19.4. The van der Waals surface area contributed by atoms with Gasteiger partial charge in [0.1, 0.15) is 11.4 Å². The monoisotopic (exact) mass is 546 g/mol. The van der Waals surface area contributed by atoms with Crippen LogP contribution in [0.1, 0.15) is 62.6 Å². The molecule has 0 bridgehead atoms. The zero-order valence-electron chi connectivity index (χ0n) is 22.6. The molecule has 1 fully saturated rings. The number of ether oxygens (including phenoxy) is 2. The second-order valence-corrected chi connectivity index (χ2v) is 10.2. The van der Waals surface area contributed by atoms with Crippen molar-refractivity contribution in [2.45, 2.75) is 57.1 Å². The van der Waals surface area contributed by atoms with Crippen LogP contribution in [0.5, 0.6) is 5.75 Å². The quantitative estimate of drug-likeness (QED) is 0.298. The number of carbonyl (C=O) groups is 1. The molecule has 0 aromatic carbocycles. The van der Waals surface area contributed by atoms with Crippen molar-refractivity contribution in [3.8, 4) is 11.6 Å². The van der Waals surface area contributed by atoms with Crippen LogP contribution in [0.15, 0.2) is 49.2 Å². The number of pyridine rings is 2. The molecule has 1 aliphatic rings. The van der Waals surface area contributed by atoms with Gasteiger partial charge < -0.3 is 14.8 Å². The van der Waals surface area contributed by atoms with E-state index in [1.54, 1.807) is 25.6 Å². The smallest absolute Gasteiger partial charge is 0.252 e. The van der Waals surface area contributed by atoms with Crippen molar-refractivity contribution in [2.24, 2.45) is 0 Å². The molecule has 40 heavy (non-hydrogen) atoms. The van der Waals surface area contributed by atoms with Gasteiger partial charge in [0.2, 0.25) is 0 Å². The summed E-state index contributed by atoms with van der Waals surface area (Å²) in [5.41, 5.74) is 2.77. The molecule has 1 saturated carbocycles. The summed E-state index contributed by atoms with van der Waals surface area (Å²) in [6.07, 6.45) is 10.4. The topological polar surface area (TPSA) is 124 Å². The van der Waals surface area contributed by atoms with Crippen LogP contribution in [0.4, 0.5) is 4.39 Å². The van der Waals surface area contributed by atoms with E-state index in [-0.39, 0.29) is 17.9 Å². The van der Waals surface area contributed by atoms with Gasteiger partial charge in [-0.25, -0.2) is 18.6 Å². The molecule has 0 radical (unpaired) electrons. The summed E-state index contributed by atoms with van der Waals surface area (Å²) in [4.78, 5) is 17.9. The Morgan fingerprint density at radius 2 is 2.08 bits per heavy atom. The van der Waals surface area contributed by atoms with E-state index < -0.39 is 11.4 Å². The molecule has 5 aromatic heterocycles. The van der Waals surface area contributed by atoms with Crippen LogP contribution in [0.2, 0.25) is 0 Å². The number of rotatable bonds is 8. The summed E-state index contributed by atoms with van der Waals surface area (Å²) < 4.78 is 28.3. The Labute approximate surface area is 229 Å². The van der Waals surface area contributed by atoms with Crippen molar-refractivity contribution in [3.63, 3.8) is 0 Å². The number of hydrogen-bond donors (Lipinski definition) is 2. The fourth-order valence-corrected chi connectivity index (χ4v) is 5.67. The fraction of sp³-hybridized carbons (Fsp3) is 0.393. The third-order valence-electron chi connectivity index (χ3n) is 7.88. The van der Waals surface area contributed by atoms with E-state index in [0.717, 1.165) is 52.5 Å². The van der Waals surface area contributed by atoms with Gasteiger partial charge in [0.15, 0.2) is 17.3 Å². The van der Waals surface area contributed by atoms with E-state index in [1.165, 1.54) is 10.9 Å². The van der Waals surface area contributed by atoms with Crippen molar-refractivity contribution >= 4 is 22.5 Å². The zero-order chi connectivity index (χ0) is 27.9. The molecule has 5 heterocycles. The highest BCUT2D eigenvalue weighted by molar-refractivity contribution is 5.94. The van der Waals surface area contributed by atoms with Gasteiger partial charge in [0, 0.05) is 13.3 Å². The fourth-order valence-electron chi connectivity index (χ4n) is 5.67. The minimum absolute atomic E-state index is 0.144. The number of amides is 1. The maximum atomic E-state index is 13.6. The molecule has 0 saturated heterocycles. The molecular formula is C28H31FN8O3. The second kappa shape index (κ2) is 10.3. The highest BCUT2D eigenvalue weighted by atomic mass is 19.1. The van der Waals surface area contributed by atoms with Crippen LogP contribution in [0.3, 0.4) is 0 Å². The second-order valence-electron chi connectivity index (χ2n) is 10.2. The van der Waals surface area contributed by atoms with E-state index in [0.29, 0.717) is 25.3 Å². The summed E-state index contributed by atoms with van der Waals surface area (Å²) in [6.45, 7) is 4.42. The number of halogens is 1. The van der Waals surface area contributed by atoms with Crippen LogP contribution in [-0.2, 0) is 9.53 Å². The van der Waals surface area contributed by atoms with Crippen molar-refractivity contribution in [3.05, 3.63) is 66.1 Å². The molecule has 11 nitrogen and oxygen atoms in total. The summed E-state index contributed by atoms with van der Waals surface area (Å²) in [5, 5.41) is 19.8. The summed E-state index contributed by atoms with van der Waals surface area (Å²) in [7, 11) is 1.60. The molecule has 1 amide bonds. The molecule has 208 valence electrons. The number of carbonyl (C=O) groups excluding carboxylic acids is 1. The molecule has 12 heteroatoms. The van der Waals surface area contributed by atoms with Crippen LogP contribution in [-0.4, -0.2) is 59.8 Å². The number of methoxy groups -OCH3 is 1. The summed E-state index contributed by atoms with van der Waals surface area (Å²) in [5.74, 6) is 0.878. The van der Waals surface area contributed by atoms with Crippen LogP contribution >= 0.6 is 0 Å². The number of aromatic nitrogens is 7. The standard InChI is InChI=1S/C28H31FN8O3/c1-4-40-21-11-22(25-23-14-31-34-26(23)35-37(25)16-21)18-7-9-28(39-3,10-8-18)27(38)33-17(2)19-5-6-24(30-12-19)36-15-20(29)13-32-36/h5-6,11-18H,4,7-10H2,1-3H3,(H,33,38)(H,34,35)/t17-,18?,28?/m1/s1. The third kappa shape index (κ3) is 4.57. The molecule has 0 aliphatic heterocycles. The highest BCUT2D eigenvalue weighted by Crippen LogP contribution is 2.43. The van der Waals surface area contributed by atoms with E-state index in [2.05, 4.69) is 36.8 Å². The predicted octanol–water partition coefficient (Wildman–Crippen LogP) is 4.25. The first-order valence-corrected chi connectivity index (χ1v) is 13.4. The average Bonchev–Trinajstić information content (AvgIpc) is 3.69. The van der Waals surface area contributed by atoms with Crippen molar-refractivity contribution in [1.82, 2.24) is 39.9 Å². The maximum absolute atomic E-state index is 13.6. The summed E-state index contributed by atoms with van der Waals surface area (Å²) >= 11 is 0. The number of fused-ring (bicyclic) bond motifs is 3. The first-order valence-electron chi connectivity index (χ1n) is 13.4. The Hall–Kier alpha value is -4.32. The molecule has 1 aliphatic carbocycles. The largest absolute Gasteiger partial charge is 0.492 e. The minimum Gasteiger partial charge on any atom is -0.492 e. The first kappa shape index (κ1) is 25.9. The van der Waals surface area contributed by atoms with Gasteiger partial charge in [-0.1, -0.05) is 6.07 Å². The third-order valence-corrected chi connectivity index (χ3v) is 7.88. The Kier molecular flexibility index (Phi) is 6.70. The lowest BCUT2D eigenvalue weighted by Crippen LogP contribution is -2.50. The van der Waals surface area contributed by atoms with Gasteiger partial charge in [-0.15, -0.1) is 5.10 Å². The molecule has 6 rings (SSSR count). The number of nitrogens with zero attached hydrogens (tertiary/aromatic N) is 6. The van der Waals surface area contributed by atoms with E-state index >= 15 is 0 Å². The normalized spacial score (nSPS) is 20.1.